The molecular weight excluding hydrogens is 1370 g/mol. The number of unbranched alkanes of at least 4 members (excludes halogenated alkanes) is 45. The molecule has 1 unspecified atom stereocenters. The van der Waals surface area contributed by atoms with Crippen molar-refractivity contribution >= 4 is 49.5 Å². The first-order chi connectivity index (χ1) is 51.3. The van der Waals surface area contributed by atoms with Gasteiger partial charge in [-0.25, -0.2) is 9.36 Å². The molecule has 0 saturated carbocycles. The lowest BCUT2D eigenvalue weighted by atomic mass is 9.95. The second-order valence-electron chi connectivity index (χ2n) is 30.6. The van der Waals surface area contributed by atoms with E-state index >= 15 is 0 Å². The Kier molecular flexibility index (Phi) is 65.5. The number of esters is 4. The number of phosphoric ester groups is 1. The number of carbonyl (C=O) groups is 7. The van der Waals surface area contributed by atoms with E-state index in [1.807, 2.05) is 0 Å². The summed E-state index contributed by atoms with van der Waals surface area (Å²) in [6, 6.07) is -3.60. The number of amides is 2. The number of hydrogen-bond acceptors (Lipinski definition) is 16. The Hall–Kier alpha value is -3.72. The molecule has 0 aliphatic carbocycles. The van der Waals surface area contributed by atoms with Crippen LogP contribution in [0.15, 0.2) is 0 Å². The number of carboxylic acid groups (broad SMARTS) is 1. The van der Waals surface area contributed by atoms with Gasteiger partial charge >= 0.3 is 37.7 Å². The molecule has 0 radical (unpaired) electrons. The Morgan fingerprint density at radius 3 is 0.981 bits per heavy atom. The van der Waals surface area contributed by atoms with Crippen LogP contribution in [0.4, 0.5) is 0 Å². The number of aliphatic carboxylic acids is 1. The largest absolute Gasteiger partial charge is 0.480 e. The molecule has 1 rings (SSSR count). The van der Waals surface area contributed by atoms with E-state index in [-0.39, 0.29) is 32.1 Å². The first-order valence-electron chi connectivity index (χ1n) is 43.6. The standard InChI is InChI=1S/C84H157N2O19P/c1-7-13-19-25-31-37-40-46-52-58-69(100-76(90)61-55-49-43-34-28-22-16-10-4)64-74(88)85-72(83(94)95)68-99-84-80(86-75(89)65-70(59-53-47-41-38-32-26-20-14-8-2)101-77(91)62-56-50-44-35-29-23-17-11-5)82(81(73(67-87)103-84)105-106(96,97)98)104-79(93)66-71(60-54-48-42-39-33-27-21-15-9-3)102-78(92)63-57-51-45-36-30-24-18-12-6/h69-73,80-82,84,87H,7-68H2,1-6H3,(H,85,88)(H,86,89)(H,94,95)(H2,96,97,98)/t69-,70-,71-,72+,73-,80-,81-,82-,84?/m1/s1. The summed E-state index contributed by atoms with van der Waals surface area (Å²) in [7, 11) is -5.57. The zero-order chi connectivity index (χ0) is 77.9. The molecule has 0 aromatic heterocycles. The molecule has 1 aliphatic rings. The fourth-order valence-corrected chi connectivity index (χ4v) is 14.6. The van der Waals surface area contributed by atoms with Crippen LogP contribution in [0, 0.1) is 0 Å². The molecule has 2 amide bonds. The first kappa shape index (κ1) is 100. The summed E-state index contributed by atoms with van der Waals surface area (Å²) in [5.41, 5.74) is 0. The monoisotopic (exact) mass is 1530 g/mol. The third-order valence-corrected chi connectivity index (χ3v) is 21.0. The quantitative estimate of drug-likeness (QED) is 0.0143. The molecule has 0 bridgehead atoms. The molecule has 21 nitrogen and oxygen atoms in total. The number of hydrogen-bond donors (Lipinski definition) is 6. The Morgan fingerprint density at radius 2 is 0.679 bits per heavy atom. The van der Waals surface area contributed by atoms with Crippen molar-refractivity contribution in [3.8, 4) is 0 Å². The molecule has 9 atom stereocenters. The average Bonchev–Trinajstić information content (AvgIpc) is 0.780. The van der Waals surface area contributed by atoms with Gasteiger partial charge in [0.25, 0.3) is 0 Å². The van der Waals surface area contributed by atoms with Gasteiger partial charge in [0.2, 0.25) is 11.8 Å². The molecule has 1 aliphatic heterocycles. The Bertz CT molecular complexity index is 2220. The van der Waals surface area contributed by atoms with Gasteiger partial charge in [0.15, 0.2) is 18.4 Å². The Balaban J connectivity index is 3.85. The number of rotatable bonds is 76. The van der Waals surface area contributed by atoms with Crippen LogP contribution in [-0.2, 0) is 71.1 Å². The SMILES string of the molecule is CCCCCCCCCCC[C@H](CC(=O)N[C@@H](COC1O[C@H](CO)[C@@H](OP(=O)(O)O)[C@H](OC(=O)C[C@@H](CCCCCCCCCCC)OC(=O)CCCCCCCCCC)[C@H]1NC(=O)C[C@@H](CCCCCCCCCCC)OC(=O)CCCCCCCCCC)C(=O)O)OC(=O)CCCCCCCCCC. The first-order valence-corrected chi connectivity index (χ1v) is 45.1. The van der Waals surface area contributed by atoms with E-state index in [2.05, 4.69) is 52.2 Å². The number of ether oxygens (including phenoxy) is 6. The van der Waals surface area contributed by atoms with Gasteiger partial charge in [0.05, 0.1) is 32.5 Å². The summed E-state index contributed by atoms with van der Waals surface area (Å²) in [5, 5.41) is 27.0. The van der Waals surface area contributed by atoms with Crippen LogP contribution in [0.2, 0.25) is 0 Å². The van der Waals surface area contributed by atoms with Crippen LogP contribution < -0.4 is 10.6 Å². The van der Waals surface area contributed by atoms with Crippen molar-refractivity contribution in [1.82, 2.24) is 10.6 Å². The molecular formula is C84H157N2O19P. The van der Waals surface area contributed by atoms with E-state index in [0.29, 0.717) is 51.4 Å². The smallest absolute Gasteiger partial charge is 0.470 e. The van der Waals surface area contributed by atoms with Gasteiger partial charge in [-0.05, 0) is 57.8 Å². The van der Waals surface area contributed by atoms with Crippen molar-refractivity contribution < 1.29 is 91.1 Å². The molecule has 6 N–H and O–H groups in total. The Labute approximate surface area is 643 Å². The van der Waals surface area contributed by atoms with Crippen molar-refractivity contribution in [3.63, 3.8) is 0 Å². The fourth-order valence-electron chi connectivity index (χ4n) is 14.0. The number of carbonyl (C=O) groups excluding carboxylic acids is 6. The second kappa shape index (κ2) is 69.2. The van der Waals surface area contributed by atoms with Gasteiger partial charge in [-0.15, -0.1) is 0 Å². The highest BCUT2D eigenvalue weighted by atomic mass is 31.2. The van der Waals surface area contributed by atoms with Gasteiger partial charge in [-0.1, -0.05) is 330 Å². The minimum absolute atomic E-state index is 0.126. The van der Waals surface area contributed by atoms with E-state index in [1.165, 1.54) is 83.5 Å². The van der Waals surface area contributed by atoms with Crippen LogP contribution in [0.1, 0.15) is 427 Å². The highest BCUT2D eigenvalue weighted by Gasteiger charge is 2.52. The van der Waals surface area contributed by atoms with E-state index in [4.69, 9.17) is 32.9 Å². The summed E-state index contributed by atoms with van der Waals surface area (Å²) in [6.07, 6.45) is 41.9. The maximum absolute atomic E-state index is 14.9. The van der Waals surface area contributed by atoms with E-state index < -0.39 is 131 Å². The molecule has 0 spiro atoms. The van der Waals surface area contributed by atoms with Crippen LogP contribution in [-0.4, -0.2) is 130 Å². The highest BCUT2D eigenvalue weighted by molar-refractivity contribution is 7.46. The van der Waals surface area contributed by atoms with Gasteiger partial charge in [-0.3, -0.25) is 33.3 Å². The lowest BCUT2D eigenvalue weighted by Crippen LogP contribution is -2.66. The normalized spacial score (nSPS) is 17.1. The molecule has 1 fully saturated rings. The summed E-state index contributed by atoms with van der Waals surface area (Å²) in [5.74, 6) is -5.52. The molecule has 0 aromatic rings. The number of carboxylic acids is 1. The lowest BCUT2D eigenvalue weighted by molar-refractivity contribution is -0.272. The fraction of sp³-hybridized carbons (Fsp3) is 0.917. The van der Waals surface area contributed by atoms with E-state index in [9.17, 15) is 58.1 Å². The van der Waals surface area contributed by atoms with Crippen LogP contribution in [0.3, 0.4) is 0 Å². The van der Waals surface area contributed by atoms with Crippen LogP contribution in [0.25, 0.3) is 0 Å². The average molecular weight is 1530 g/mol. The van der Waals surface area contributed by atoms with Crippen molar-refractivity contribution in [2.24, 2.45) is 0 Å². The summed E-state index contributed by atoms with van der Waals surface area (Å²) < 4.78 is 55.0. The summed E-state index contributed by atoms with van der Waals surface area (Å²) >= 11 is 0. The van der Waals surface area contributed by atoms with Gasteiger partial charge in [0.1, 0.15) is 36.6 Å². The maximum Gasteiger partial charge on any atom is 0.470 e. The molecule has 106 heavy (non-hydrogen) atoms. The maximum atomic E-state index is 14.9. The number of aliphatic hydroxyl groups excluding tert-OH is 1. The van der Waals surface area contributed by atoms with E-state index in [1.54, 1.807) is 0 Å². The van der Waals surface area contributed by atoms with Crippen molar-refractivity contribution in [1.29, 1.82) is 0 Å². The molecule has 0 aromatic carbocycles. The third-order valence-electron chi connectivity index (χ3n) is 20.4. The molecule has 1 heterocycles. The zero-order valence-electron chi connectivity index (χ0n) is 67.9. The van der Waals surface area contributed by atoms with Gasteiger partial charge in [0, 0.05) is 19.3 Å². The predicted molar refractivity (Wildman–Crippen MR) is 421 cm³/mol. The third kappa shape index (κ3) is 57.4. The van der Waals surface area contributed by atoms with E-state index in [0.717, 1.165) is 205 Å². The summed E-state index contributed by atoms with van der Waals surface area (Å²) in [4.78, 5) is 119. The second-order valence-corrected chi connectivity index (χ2v) is 31.8. The Morgan fingerprint density at radius 1 is 0.387 bits per heavy atom. The minimum atomic E-state index is -5.57. The molecule has 1 saturated heterocycles. The predicted octanol–water partition coefficient (Wildman–Crippen LogP) is 20.4. The topological polar surface area (TPSA) is 306 Å². The number of aliphatic hydroxyl groups is 1. The number of nitrogens with one attached hydrogen (secondary N) is 2. The van der Waals surface area contributed by atoms with Gasteiger partial charge in [-0.2, -0.15) is 0 Å². The lowest BCUT2D eigenvalue weighted by Gasteiger charge is -2.45. The summed E-state index contributed by atoms with van der Waals surface area (Å²) in [6.45, 7) is 11.2. The number of phosphoric acid groups is 1. The van der Waals surface area contributed by atoms with Crippen LogP contribution in [0.5, 0.6) is 0 Å². The van der Waals surface area contributed by atoms with Crippen molar-refractivity contribution in [2.45, 2.75) is 482 Å². The van der Waals surface area contributed by atoms with Gasteiger partial charge < -0.3 is 59.1 Å². The van der Waals surface area contributed by atoms with Crippen molar-refractivity contribution in [2.75, 3.05) is 13.2 Å². The molecule has 22 heteroatoms. The molecule has 622 valence electrons. The highest BCUT2D eigenvalue weighted by Crippen LogP contribution is 2.42. The van der Waals surface area contributed by atoms with Crippen LogP contribution >= 0.6 is 7.82 Å². The zero-order valence-corrected chi connectivity index (χ0v) is 68.8. The minimum Gasteiger partial charge on any atom is -0.480 e. The van der Waals surface area contributed by atoms with Crippen molar-refractivity contribution in [3.05, 3.63) is 0 Å².